The molecule has 0 amide bonds. The maximum Gasteiger partial charge on any atom is 0.148 e. The van der Waals surface area contributed by atoms with Crippen LogP contribution >= 0.6 is 0 Å². The van der Waals surface area contributed by atoms with Gasteiger partial charge in [0, 0.05) is 5.56 Å². The van der Waals surface area contributed by atoms with Crippen molar-refractivity contribution in [1.29, 1.82) is 0 Å². The van der Waals surface area contributed by atoms with Crippen LogP contribution in [0.4, 0.5) is 5.69 Å². The van der Waals surface area contributed by atoms with Gasteiger partial charge < -0.3 is 4.74 Å². The van der Waals surface area contributed by atoms with E-state index in [2.05, 4.69) is 16.4 Å². The molecule has 0 bridgehead atoms. The van der Waals surface area contributed by atoms with Gasteiger partial charge >= 0.3 is 0 Å². The maximum atomic E-state index is 5.45. The first-order chi connectivity index (χ1) is 9.79. The van der Waals surface area contributed by atoms with Gasteiger partial charge in [-0.2, -0.15) is 5.10 Å². The molecule has 0 fully saturated rings. The van der Waals surface area contributed by atoms with Crippen LogP contribution in [0.1, 0.15) is 11.1 Å². The highest BCUT2D eigenvalue weighted by molar-refractivity contribution is 5.84. The van der Waals surface area contributed by atoms with Crippen molar-refractivity contribution in [3.05, 3.63) is 59.7 Å². The van der Waals surface area contributed by atoms with Gasteiger partial charge in [0.2, 0.25) is 0 Å². The Labute approximate surface area is 119 Å². The summed E-state index contributed by atoms with van der Waals surface area (Å²) in [6.45, 7) is 2.29. The lowest BCUT2D eigenvalue weighted by Gasteiger charge is -2.05. The van der Waals surface area contributed by atoms with Crippen molar-refractivity contribution in [1.82, 2.24) is 0 Å². The third-order valence-corrected chi connectivity index (χ3v) is 2.68. The molecule has 20 heavy (non-hydrogen) atoms. The highest BCUT2D eigenvalue weighted by atomic mass is 16.5. The Bertz CT molecular complexity index is 624. The van der Waals surface area contributed by atoms with Gasteiger partial charge in [-0.3, -0.25) is 5.43 Å². The van der Waals surface area contributed by atoms with Gasteiger partial charge in [-0.1, -0.05) is 35.7 Å². The second-order valence-electron chi connectivity index (χ2n) is 4.27. The smallest absolute Gasteiger partial charge is 0.148 e. The van der Waals surface area contributed by atoms with E-state index in [0.29, 0.717) is 0 Å². The van der Waals surface area contributed by atoms with Crippen LogP contribution in [0, 0.1) is 19.3 Å². The van der Waals surface area contributed by atoms with E-state index < -0.39 is 0 Å². The number of nitrogens with one attached hydrogen (secondary N) is 1. The number of anilines is 1. The van der Waals surface area contributed by atoms with Crippen molar-refractivity contribution < 1.29 is 4.74 Å². The van der Waals surface area contributed by atoms with Gasteiger partial charge in [-0.05, 0) is 31.2 Å². The average molecular weight is 264 g/mol. The molecule has 0 unspecified atom stereocenters. The normalized spacial score (nSPS) is 10.2. The fourth-order valence-electron chi connectivity index (χ4n) is 1.64. The topological polar surface area (TPSA) is 33.6 Å². The molecule has 0 heterocycles. The zero-order valence-electron chi connectivity index (χ0n) is 11.3. The van der Waals surface area contributed by atoms with E-state index in [4.69, 9.17) is 11.2 Å². The summed E-state index contributed by atoms with van der Waals surface area (Å²) < 4.78 is 5.45. The monoisotopic (exact) mass is 264 g/mol. The maximum absolute atomic E-state index is 5.45. The third kappa shape index (κ3) is 3.89. The van der Waals surface area contributed by atoms with E-state index >= 15 is 0 Å². The Morgan fingerprint density at radius 1 is 1.20 bits per heavy atom. The number of hydrazone groups is 1. The predicted molar refractivity (Wildman–Crippen MR) is 83.2 cm³/mol. The summed E-state index contributed by atoms with van der Waals surface area (Å²) >= 11 is 0. The van der Waals surface area contributed by atoms with Crippen LogP contribution in [-0.2, 0) is 0 Å². The number of terminal acetylenes is 1. The Morgan fingerprint density at radius 3 is 2.70 bits per heavy atom. The Morgan fingerprint density at radius 2 is 1.95 bits per heavy atom. The number of nitrogens with zero attached hydrogens (tertiary/aromatic N) is 1. The second-order valence-corrected chi connectivity index (χ2v) is 4.27. The SMILES string of the molecule is C#CCOc1ccccc1/C=N\Nc1ccc(C)cc1. The van der Waals surface area contributed by atoms with Gasteiger partial charge in [0.05, 0.1) is 11.9 Å². The summed E-state index contributed by atoms with van der Waals surface area (Å²) in [5, 5.41) is 4.20. The largest absolute Gasteiger partial charge is 0.480 e. The van der Waals surface area contributed by atoms with Crippen LogP contribution in [0.25, 0.3) is 0 Å². The lowest BCUT2D eigenvalue weighted by molar-refractivity contribution is 0.370. The lowest BCUT2D eigenvalue weighted by Crippen LogP contribution is -1.98. The standard InChI is InChI=1S/C17H16N2O/c1-3-12-20-17-7-5-4-6-15(17)13-18-19-16-10-8-14(2)9-11-16/h1,4-11,13,19H,12H2,2H3/b18-13-. The van der Waals surface area contributed by atoms with Gasteiger partial charge in [0.25, 0.3) is 0 Å². The number of hydrogen-bond acceptors (Lipinski definition) is 3. The zero-order valence-corrected chi connectivity index (χ0v) is 11.3. The molecule has 1 N–H and O–H groups in total. The van der Waals surface area contributed by atoms with Gasteiger partial charge in [-0.15, -0.1) is 6.42 Å². The van der Waals surface area contributed by atoms with E-state index in [1.807, 2.05) is 55.5 Å². The van der Waals surface area contributed by atoms with E-state index in [-0.39, 0.29) is 6.61 Å². The van der Waals surface area contributed by atoms with Crippen LogP contribution in [-0.4, -0.2) is 12.8 Å². The summed E-state index contributed by atoms with van der Waals surface area (Å²) in [6.07, 6.45) is 6.91. The first kappa shape index (κ1) is 13.7. The summed E-state index contributed by atoms with van der Waals surface area (Å²) in [6, 6.07) is 15.6. The molecule has 3 nitrogen and oxygen atoms in total. The van der Waals surface area contributed by atoms with Gasteiger partial charge in [-0.25, -0.2) is 0 Å². The first-order valence-electron chi connectivity index (χ1n) is 6.30. The predicted octanol–water partition coefficient (Wildman–Crippen LogP) is 3.45. The molecule has 0 saturated heterocycles. The van der Waals surface area contributed by atoms with Crippen LogP contribution in [0.15, 0.2) is 53.6 Å². The van der Waals surface area contributed by atoms with E-state index in [0.717, 1.165) is 17.0 Å². The molecule has 0 aliphatic carbocycles. The van der Waals surface area contributed by atoms with Crippen LogP contribution < -0.4 is 10.2 Å². The molecule has 0 aliphatic rings. The second kappa shape index (κ2) is 7.01. The minimum Gasteiger partial charge on any atom is -0.480 e. The summed E-state index contributed by atoms with van der Waals surface area (Å²) in [7, 11) is 0. The number of aryl methyl sites for hydroxylation is 1. The van der Waals surface area contributed by atoms with E-state index in [1.165, 1.54) is 5.56 Å². The molecule has 0 radical (unpaired) electrons. The number of hydrogen-bond donors (Lipinski definition) is 1. The molecule has 0 saturated carbocycles. The highest BCUT2D eigenvalue weighted by Crippen LogP contribution is 2.16. The number of para-hydroxylation sites is 1. The molecule has 0 aliphatic heterocycles. The highest BCUT2D eigenvalue weighted by Gasteiger charge is 1.99. The Balaban J connectivity index is 2.04. The molecule has 2 aromatic carbocycles. The van der Waals surface area contributed by atoms with Crippen molar-refractivity contribution in [3.8, 4) is 18.1 Å². The van der Waals surface area contributed by atoms with Crippen molar-refractivity contribution >= 4 is 11.9 Å². The average Bonchev–Trinajstić information content (AvgIpc) is 2.48. The summed E-state index contributed by atoms with van der Waals surface area (Å²) in [5.41, 5.74) is 6.01. The molecule has 0 spiro atoms. The molecule has 3 heteroatoms. The van der Waals surface area contributed by atoms with Crippen molar-refractivity contribution in [2.75, 3.05) is 12.0 Å². The van der Waals surface area contributed by atoms with E-state index in [1.54, 1.807) is 6.21 Å². The summed E-state index contributed by atoms with van der Waals surface area (Å²) in [5.74, 6) is 3.17. The number of rotatable bonds is 5. The Hall–Kier alpha value is -2.73. The minimum atomic E-state index is 0.246. The quantitative estimate of drug-likeness (QED) is 0.510. The molecular weight excluding hydrogens is 248 g/mol. The van der Waals surface area contributed by atoms with Crippen LogP contribution in [0.3, 0.4) is 0 Å². The molecule has 0 atom stereocenters. The van der Waals surface area contributed by atoms with Crippen molar-refractivity contribution in [2.45, 2.75) is 6.92 Å². The Kier molecular flexibility index (Phi) is 4.80. The third-order valence-electron chi connectivity index (χ3n) is 2.68. The molecule has 2 aromatic rings. The van der Waals surface area contributed by atoms with Gasteiger partial charge in [0.1, 0.15) is 12.4 Å². The fourth-order valence-corrected chi connectivity index (χ4v) is 1.64. The number of benzene rings is 2. The number of ether oxygens (including phenoxy) is 1. The van der Waals surface area contributed by atoms with E-state index in [9.17, 15) is 0 Å². The minimum absolute atomic E-state index is 0.246. The lowest BCUT2D eigenvalue weighted by atomic mass is 10.2. The molecule has 0 aromatic heterocycles. The van der Waals surface area contributed by atoms with Crippen molar-refractivity contribution in [2.24, 2.45) is 5.10 Å². The molecular formula is C17H16N2O. The fraction of sp³-hybridized carbons (Fsp3) is 0.118. The van der Waals surface area contributed by atoms with Gasteiger partial charge in [0.15, 0.2) is 0 Å². The van der Waals surface area contributed by atoms with Crippen molar-refractivity contribution in [3.63, 3.8) is 0 Å². The molecule has 2 rings (SSSR count). The zero-order chi connectivity index (χ0) is 14.2. The van der Waals surface area contributed by atoms with Crippen LogP contribution in [0.5, 0.6) is 5.75 Å². The molecule has 100 valence electrons. The van der Waals surface area contributed by atoms with Crippen LogP contribution in [0.2, 0.25) is 0 Å². The first-order valence-corrected chi connectivity index (χ1v) is 6.30. The summed E-state index contributed by atoms with van der Waals surface area (Å²) in [4.78, 5) is 0.